The molecule has 0 aliphatic rings. The van der Waals surface area contributed by atoms with Crippen molar-refractivity contribution in [3.05, 3.63) is 23.8 Å². The molecule has 0 spiro atoms. The fraction of sp³-hybridized carbons (Fsp3) is 0.333. The second-order valence-electron chi connectivity index (χ2n) is 2.99. The molecule has 84 valence electrons. The third kappa shape index (κ3) is 3.02. The molecule has 2 nitrogen and oxygen atoms in total. The predicted molar refractivity (Wildman–Crippen MR) is 55.0 cm³/mol. The Kier molecular flexibility index (Phi) is 3.49. The van der Waals surface area contributed by atoms with E-state index in [2.05, 4.69) is 20.7 Å². The molecule has 1 aromatic rings. The summed E-state index contributed by atoms with van der Waals surface area (Å²) in [5.74, 6) is -0.101. The fourth-order valence-corrected chi connectivity index (χ4v) is 1.07. The van der Waals surface area contributed by atoms with Crippen LogP contribution in [0.2, 0.25) is 0 Å². The van der Waals surface area contributed by atoms with Crippen LogP contribution in [-0.2, 0) is 0 Å². The summed E-state index contributed by atoms with van der Waals surface area (Å²) in [5.41, 5.74) is 6.27. The van der Waals surface area contributed by atoms with E-state index in [1.165, 1.54) is 18.2 Å². The Morgan fingerprint density at radius 1 is 1.47 bits per heavy atom. The van der Waals surface area contributed by atoms with Crippen LogP contribution in [0.15, 0.2) is 18.2 Å². The zero-order valence-electron chi connectivity index (χ0n) is 7.81. The Morgan fingerprint density at radius 3 is 2.53 bits per heavy atom. The van der Waals surface area contributed by atoms with E-state index in [9.17, 15) is 13.2 Å². The highest BCUT2D eigenvalue weighted by atomic mass is 79.9. The van der Waals surface area contributed by atoms with Gasteiger partial charge in [0.05, 0.1) is 0 Å². The van der Waals surface area contributed by atoms with Gasteiger partial charge in [-0.2, -0.15) is 8.78 Å². The number of halogens is 4. The van der Waals surface area contributed by atoms with Gasteiger partial charge in [0.1, 0.15) is 5.75 Å². The fourth-order valence-electron chi connectivity index (χ4n) is 0.978. The maximum Gasteiger partial charge on any atom is 0.440 e. The molecule has 2 N–H and O–H groups in total. The highest BCUT2D eigenvalue weighted by Gasteiger charge is 2.41. The quantitative estimate of drug-likeness (QED) is 0.683. The van der Waals surface area contributed by atoms with Crippen molar-refractivity contribution in [1.82, 2.24) is 0 Å². The van der Waals surface area contributed by atoms with Crippen molar-refractivity contribution in [1.29, 1.82) is 0 Å². The van der Waals surface area contributed by atoms with Gasteiger partial charge >= 0.3 is 6.11 Å². The van der Waals surface area contributed by atoms with E-state index in [0.717, 1.165) is 0 Å². The Balaban J connectivity index is 2.90. The lowest BCUT2D eigenvalue weighted by atomic mass is 10.2. The lowest BCUT2D eigenvalue weighted by Gasteiger charge is -2.19. The number of alkyl halides is 4. The van der Waals surface area contributed by atoms with Crippen LogP contribution in [0.4, 0.5) is 18.9 Å². The Morgan fingerprint density at radius 2 is 2.07 bits per heavy atom. The number of hydrogen-bond donors (Lipinski definition) is 1. The number of aryl methyl sites for hydroxylation is 1. The van der Waals surface area contributed by atoms with Crippen molar-refractivity contribution in [3.8, 4) is 5.75 Å². The highest BCUT2D eigenvalue weighted by molar-refractivity contribution is 9.09. The van der Waals surface area contributed by atoms with Crippen LogP contribution < -0.4 is 10.5 Å². The van der Waals surface area contributed by atoms with E-state index in [1.54, 1.807) is 6.92 Å². The average molecular weight is 284 g/mol. The predicted octanol–water partition coefficient (Wildman–Crippen LogP) is 3.24. The summed E-state index contributed by atoms with van der Waals surface area (Å²) >= 11 is 2.13. The molecule has 0 radical (unpaired) electrons. The Hall–Kier alpha value is -0.910. The number of nitrogens with two attached hydrogens (primary N) is 1. The molecule has 0 fully saturated rings. The van der Waals surface area contributed by atoms with Crippen LogP contribution in [0, 0.1) is 6.92 Å². The third-order valence-corrected chi connectivity index (χ3v) is 2.23. The number of rotatable bonds is 3. The first-order chi connectivity index (χ1) is 6.83. The number of nitrogen functional groups attached to an aromatic ring is 1. The van der Waals surface area contributed by atoms with E-state index >= 15 is 0 Å². The van der Waals surface area contributed by atoms with Gasteiger partial charge in [0.2, 0.25) is 0 Å². The smallest absolute Gasteiger partial charge is 0.429 e. The summed E-state index contributed by atoms with van der Waals surface area (Å²) in [6.45, 7) is 1.54. The largest absolute Gasteiger partial charge is 0.440 e. The zero-order chi connectivity index (χ0) is 11.6. The van der Waals surface area contributed by atoms with E-state index in [-0.39, 0.29) is 5.75 Å². The van der Waals surface area contributed by atoms with E-state index in [0.29, 0.717) is 11.3 Å². The number of ether oxygens (including phenoxy) is 1. The summed E-state index contributed by atoms with van der Waals surface area (Å²) in [6.07, 6.45) is -3.90. The summed E-state index contributed by atoms with van der Waals surface area (Å²) in [4.78, 5) is 0. The normalized spacial score (nSPS) is 13.7. The first-order valence-corrected chi connectivity index (χ1v) is 4.95. The van der Waals surface area contributed by atoms with Gasteiger partial charge < -0.3 is 10.5 Å². The van der Waals surface area contributed by atoms with E-state index < -0.39 is 11.2 Å². The lowest BCUT2D eigenvalue weighted by molar-refractivity contribution is -0.195. The minimum Gasteiger partial charge on any atom is -0.429 e. The third-order valence-electron chi connectivity index (χ3n) is 1.70. The topological polar surface area (TPSA) is 35.2 Å². The van der Waals surface area contributed by atoms with Crippen LogP contribution in [0.3, 0.4) is 0 Å². The SMILES string of the molecule is Cc1cc(N)ccc1OC(F)(F)C(F)Br. The molecule has 0 aliphatic heterocycles. The number of hydrogen-bond acceptors (Lipinski definition) is 2. The Bertz CT molecular complexity index is 357. The van der Waals surface area contributed by atoms with Gasteiger partial charge in [0, 0.05) is 5.69 Å². The molecule has 15 heavy (non-hydrogen) atoms. The second kappa shape index (κ2) is 4.30. The van der Waals surface area contributed by atoms with Crippen molar-refractivity contribution in [3.63, 3.8) is 0 Å². The molecule has 1 rings (SSSR count). The van der Waals surface area contributed by atoms with E-state index in [1.807, 2.05) is 0 Å². The minimum atomic E-state index is -3.90. The van der Waals surface area contributed by atoms with Gasteiger partial charge in [0.25, 0.3) is 5.08 Å². The van der Waals surface area contributed by atoms with Crippen LogP contribution >= 0.6 is 15.9 Å². The molecule has 6 heteroatoms. The second-order valence-corrected chi connectivity index (χ2v) is 3.79. The minimum absolute atomic E-state index is 0.101. The van der Waals surface area contributed by atoms with Gasteiger partial charge in [-0.05, 0) is 46.6 Å². The molecule has 0 saturated heterocycles. The molecule has 1 aromatic carbocycles. The van der Waals surface area contributed by atoms with Gasteiger partial charge in [0.15, 0.2) is 0 Å². The van der Waals surface area contributed by atoms with Crippen molar-refractivity contribution < 1.29 is 17.9 Å². The van der Waals surface area contributed by atoms with E-state index in [4.69, 9.17) is 5.73 Å². The average Bonchev–Trinajstić information content (AvgIpc) is 2.09. The van der Waals surface area contributed by atoms with Crippen LogP contribution in [0.25, 0.3) is 0 Å². The monoisotopic (exact) mass is 283 g/mol. The van der Waals surface area contributed by atoms with Gasteiger partial charge in [-0.3, -0.25) is 0 Å². The first-order valence-electron chi connectivity index (χ1n) is 4.04. The molecule has 0 bridgehead atoms. The summed E-state index contributed by atoms with van der Waals surface area (Å²) in [5, 5.41) is -2.55. The maximum atomic E-state index is 12.8. The van der Waals surface area contributed by atoms with Crippen LogP contribution in [0.5, 0.6) is 5.75 Å². The lowest BCUT2D eigenvalue weighted by Crippen LogP contribution is -2.32. The summed E-state index contributed by atoms with van der Waals surface area (Å²) in [7, 11) is 0. The zero-order valence-corrected chi connectivity index (χ0v) is 9.39. The highest BCUT2D eigenvalue weighted by Crippen LogP contribution is 2.31. The van der Waals surface area contributed by atoms with Crippen molar-refractivity contribution in [2.45, 2.75) is 18.1 Å². The molecular formula is C9H9BrF3NO. The molecule has 1 atom stereocenters. The molecule has 0 aromatic heterocycles. The van der Waals surface area contributed by atoms with Crippen LogP contribution in [-0.4, -0.2) is 11.2 Å². The molecule has 0 saturated carbocycles. The summed E-state index contributed by atoms with van der Waals surface area (Å²) in [6, 6.07) is 4.14. The van der Waals surface area contributed by atoms with Crippen molar-refractivity contribution in [2.75, 3.05) is 5.73 Å². The molecular weight excluding hydrogens is 275 g/mol. The van der Waals surface area contributed by atoms with Gasteiger partial charge in [-0.15, -0.1) is 0 Å². The summed E-state index contributed by atoms with van der Waals surface area (Å²) < 4.78 is 42.3. The van der Waals surface area contributed by atoms with Crippen molar-refractivity contribution in [2.24, 2.45) is 0 Å². The maximum absolute atomic E-state index is 12.8. The van der Waals surface area contributed by atoms with Crippen LogP contribution in [0.1, 0.15) is 5.56 Å². The van der Waals surface area contributed by atoms with Gasteiger partial charge in [-0.25, -0.2) is 4.39 Å². The van der Waals surface area contributed by atoms with Gasteiger partial charge in [-0.1, -0.05) is 0 Å². The van der Waals surface area contributed by atoms with Crippen molar-refractivity contribution >= 4 is 21.6 Å². The number of anilines is 1. The molecule has 0 amide bonds. The molecule has 0 aliphatic carbocycles. The number of benzene rings is 1. The Labute approximate surface area is 93.3 Å². The standard InChI is InChI=1S/C9H9BrF3NO/c1-5-4-6(14)2-3-7(5)15-9(12,13)8(10)11/h2-4,8H,14H2,1H3. The first kappa shape index (κ1) is 12.2. The molecule has 0 heterocycles. The molecule has 1 unspecified atom stereocenters.